The van der Waals surface area contributed by atoms with Crippen LogP contribution >= 0.6 is 7.92 Å². The molecule has 0 amide bonds. The van der Waals surface area contributed by atoms with Gasteiger partial charge in [0, 0.05) is 5.16 Å². The van der Waals surface area contributed by atoms with Crippen LogP contribution in [0.1, 0.15) is 55.4 Å². The molecular formula is C12H27OP. The smallest absolute Gasteiger partial charge is 0.0521 e. The van der Waals surface area contributed by atoms with Crippen molar-refractivity contribution in [1.82, 2.24) is 0 Å². The van der Waals surface area contributed by atoms with Crippen molar-refractivity contribution in [3.05, 3.63) is 0 Å². The van der Waals surface area contributed by atoms with E-state index in [4.69, 9.17) is 0 Å². The van der Waals surface area contributed by atoms with E-state index in [-0.39, 0.29) is 19.7 Å². The molecule has 0 atom stereocenters. The Kier molecular flexibility index (Phi) is 4.21. The van der Waals surface area contributed by atoms with E-state index in [1.54, 1.807) is 0 Å². The molecule has 0 bridgehead atoms. The van der Waals surface area contributed by atoms with E-state index >= 15 is 0 Å². The van der Waals surface area contributed by atoms with Crippen molar-refractivity contribution in [1.29, 1.82) is 0 Å². The second-order valence-corrected chi connectivity index (χ2v) is 11.2. The van der Waals surface area contributed by atoms with Crippen molar-refractivity contribution < 1.29 is 5.11 Å². The molecule has 0 fully saturated rings. The topological polar surface area (TPSA) is 20.2 Å². The van der Waals surface area contributed by atoms with Crippen LogP contribution in [-0.4, -0.2) is 27.2 Å². The summed E-state index contributed by atoms with van der Waals surface area (Å²) in [4.78, 5) is 0. The Hall–Kier alpha value is 0.390. The Morgan fingerprint density at radius 2 is 1.07 bits per heavy atom. The Balaban J connectivity index is 5.14. The van der Waals surface area contributed by atoms with Crippen molar-refractivity contribution in [3.63, 3.8) is 0 Å². The molecule has 0 heterocycles. The first kappa shape index (κ1) is 14.4. The summed E-state index contributed by atoms with van der Waals surface area (Å²) in [6, 6.07) is 0. The lowest BCUT2D eigenvalue weighted by Gasteiger charge is -2.50. The van der Waals surface area contributed by atoms with Gasteiger partial charge in [-0.1, -0.05) is 63.3 Å². The lowest BCUT2D eigenvalue weighted by Crippen LogP contribution is -2.39. The van der Waals surface area contributed by atoms with Gasteiger partial charge in [-0.2, -0.15) is 0 Å². The van der Waals surface area contributed by atoms with Gasteiger partial charge < -0.3 is 5.11 Å². The van der Waals surface area contributed by atoms with E-state index < -0.39 is 0 Å². The molecule has 0 aliphatic heterocycles. The van der Waals surface area contributed by atoms with E-state index in [1.165, 1.54) is 0 Å². The molecule has 0 radical (unpaired) electrons. The van der Waals surface area contributed by atoms with Gasteiger partial charge in [0.25, 0.3) is 0 Å². The average molecular weight is 218 g/mol. The third-order valence-corrected chi connectivity index (χ3v) is 6.37. The normalized spacial score (nSPS) is 15.0. The van der Waals surface area contributed by atoms with E-state index in [0.717, 1.165) is 0 Å². The molecule has 0 aromatic rings. The van der Waals surface area contributed by atoms with Crippen molar-refractivity contribution >= 4 is 7.92 Å². The van der Waals surface area contributed by atoms with Crippen molar-refractivity contribution in [2.24, 2.45) is 0 Å². The van der Waals surface area contributed by atoms with Gasteiger partial charge in [-0.15, -0.1) is 0 Å². The lowest BCUT2D eigenvalue weighted by molar-refractivity contribution is 0.259. The highest BCUT2D eigenvalue weighted by Crippen LogP contribution is 2.66. The van der Waals surface area contributed by atoms with Gasteiger partial charge in [0.05, 0.1) is 6.61 Å². The summed E-state index contributed by atoms with van der Waals surface area (Å²) in [6.07, 6.45) is 0. The fourth-order valence-corrected chi connectivity index (χ4v) is 8.68. The largest absolute Gasteiger partial charge is 0.395 e. The highest BCUT2D eigenvalue weighted by Gasteiger charge is 2.43. The molecule has 1 N–H and O–H groups in total. The average Bonchev–Trinajstić information content (AvgIpc) is 1.79. The van der Waals surface area contributed by atoms with Gasteiger partial charge in [0.2, 0.25) is 0 Å². The standard InChI is InChI=1S/C12H27OP/c1-10(2,3)14(11(4,5)6)12(7,8)9-13/h13H,9H2,1-8H3. The van der Waals surface area contributed by atoms with Crippen LogP contribution < -0.4 is 0 Å². The molecule has 2 heteroatoms. The van der Waals surface area contributed by atoms with E-state index in [1.807, 2.05) is 0 Å². The molecule has 0 spiro atoms. The van der Waals surface area contributed by atoms with Crippen LogP contribution in [0.15, 0.2) is 0 Å². The first-order valence-electron chi connectivity index (χ1n) is 5.34. The second kappa shape index (κ2) is 4.10. The minimum absolute atomic E-state index is 0.0475. The number of aliphatic hydroxyl groups is 1. The van der Waals surface area contributed by atoms with Crippen LogP contribution in [0.25, 0.3) is 0 Å². The Morgan fingerprint density at radius 3 is 1.14 bits per heavy atom. The van der Waals surface area contributed by atoms with Crippen molar-refractivity contribution in [2.75, 3.05) is 6.61 Å². The molecule has 0 saturated carbocycles. The minimum Gasteiger partial charge on any atom is -0.395 e. The summed E-state index contributed by atoms with van der Waals surface area (Å²) in [5, 5.41) is 10.1. The molecule has 86 valence electrons. The highest BCUT2D eigenvalue weighted by molar-refractivity contribution is 7.62. The van der Waals surface area contributed by atoms with Gasteiger partial charge in [-0.3, -0.25) is 0 Å². The van der Waals surface area contributed by atoms with Crippen LogP contribution in [0, 0.1) is 0 Å². The molecule has 0 unspecified atom stereocenters. The molecular weight excluding hydrogens is 191 g/mol. The lowest BCUT2D eigenvalue weighted by atomic mass is 10.2. The highest BCUT2D eigenvalue weighted by atomic mass is 31.1. The molecule has 0 aromatic carbocycles. The van der Waals surface area contributed by atoms with Crippen molar-refractivity contribution in [3.8, 4) is 0 Å². The molecule has 0 aliphatic carbocycles. The molecule has 0 rings (SSSR count). The van der Waals surface area contributed by atoms with Gasteiger partial charge in [0.15, 0.2) is 0 Å². The summed E-state index contributed by atoms with van der Waals surface area (Å²) in [5.74, 6) is 0. The number of hydrogen-bond donors (Lipinski definition) is 1. The second-order valence-electron chi connectivity index (χ2n) is 6.65. The van der Waals surface area contributed by atoms with E-state index in [0.29, 0.717) is 10.3 Å². The van der Waals surface area contributed by atoms with Gasteiger partial charge in [0.1, 0.15) is 0 Å². The maximum Gasteiger partial charge on any atom is 0.0521 e. The summed E-state index contributed by atoms with van der Waals surface area (Å²) in [5.41, 5.74) is 0. The van der Waals surface area contributed by atoms with E-state index in [9.17, 15) is 5.11 Å². The molecule has 1 nitrogen and oxygen atoms in total. The monoisotopic (exact) mass is 218 g/mol. The summed E-state index contributed by atoms with van der Waals surface area (Å²) in [6.45, 7) is 18.4. The molecule has 0 saturated heterocycles. The summed E-state index contributed by atoms with van der Waals surface area (Å²) < 4.78 is 0. The van der Waals surface area contributed by atoms with Crippen LogP contribution in [0.5, 0.6) is 0 Å². The van der Waals surface area contributed by atoms with Gasteiger partial charge >= 0.3 is 0 Å². The molecule has 0 aliphatic rings. The number of rotatable bonds is 2. The van der Waals surface area contributed by atoms with Gasteiger partial charge in [-0.05, 0) is 10.3 Å². The predicted molar refractivity (Wildman–Crippen MR) is 67.6 cm³/mol. The third-order valence-electron chi connectivity index (χ3n) is 2.33. The summed E-state index contributed by atoms with van der Waals surface area (Å²) in [7, 11) is -0.236. The minimum atomic E-state index is -0.236. The van der Waals surface area contributed by atoms with Crippen LogP contribution in [0.3, 0.4) is 0 Å². The Labute approximate surface area is 91.0 Å². The Morgan fingerprint density at radius 1 is 0.786 bits per heavy atom. The fraction of sp³-hybridized carbons (Fsp3) is 1.00. The van der Waals surface area contributed by atoms with Crippen molar-refractivity contribution in [2.45, 2.75) is 70.9 Å². The third kappa shape index (κ3) is 3.51. The zero-order chi connectivity index (χ0) is 11.8. The zero-order valence-corrected chi connectivity index (χ0v) is 12.0. The Bertz CT molecular complexity index is 169. The van der Waals surface area contributed by atoms with Gasteiger partial charge in [-0.25, -0.2) is 0 Å². The maximum absolute atomic E-state index is 9.51. The molecule has 0 aromatic heterocycles. The quantitative estimate of drug-likeness (QED) is 0.698. The first-order valence-corrected chi connectivity index (χ1v) is 6.68. The zero-order valence-electron chi connectivity index (χ0n) is 11.1. The van der Waals surface area contributed by atoms with Crippen LogP contribution in [0.4, 0.5) is 0 Å². The molecule has 14 heavy (non-hydrogen) atoms. The van der Waals surface area contributed by atoms with Crippen LogP contribution in [-0.2, 0) is 0 Å². The first-order chi connectivity index (χ1) is 5.93. The number of hydrogen-bond acceptors (Lipinski definition) is 1. The number of aliphatic hydroxyl groups excluding tert-OH is 1. The van der Waals surface area contributed by atoms with Crippen LogP contribution in [0.2, 0.25) is 0 Å². The SMILES string of the molecule is CC(C)(C)P(C(C)(C)C)C(C)(C)CO. The van der Waals surface area contributed by atoms with E-state index in [2.05, 4.69) is 55.4 Å². The maximum atomic E-state index is 9.51. The fourth-order valence-electron chi connectivity index (χ4n) is 2.89. The predicted octanol–water partition coefficient (Wildman–Crippen LogP) is 3.84. The summed E-state index contributed by atoms with van der Waals surface area (Å²) >= 11 is 0.